The highest BCUT2D eigenvalue weighted by Gasteiger charge is 2.32. The molecule has 3 amide bonds. The number of carbonyl (C=O) groups is 2. The molecule has 0 bridgehead atoms. The lowest BCUT2D eigenvalue weighted by molar-refractivity contribution is -0.126. The lowest BCUT2D eigenvalue weighted by atomic mass is 10.2. The highest BCUT2D eigenvalue weighted by molar-refractivity contribution is 8.00. The molecule has 0 aliphatic carbocycles. The SMILES string of the molecule is Cc1ccc(-n2c(S[C@@H](C)C(=O)N3CCNC3=O)nnc2N2CCOCC2)cc1. The molecule has 0 spiro atoms. The Morgan fingerprint density at radius 2 is 1.90 bits per heavy atom. The number of hydrogen-bond acceptors (Lipinski definition) is 7. The van der Waals surface area contributed by atoms with Gasteiger partial charge in [0.25, 0.3) is 0 Å². The van der Waals surface area contributed by atoms with Crippen LogP contribution in [-0.2, 0) is 9.53 Å². The Morgan fingerprint density at radius 3 is 2.55 bits per heavy atom. The van der Waals surface area contributed by atoms with E-state index in [1.165, 1.54) is 16.7 Å². The second kappa shape index (κ2) is 8.42. The summed E-state index contributed by atoms with van der Waals surface area (Å²) in [4.78, 5) is 28.0. The van der Waals surface area contributed by atoms with Gasteiger partial charge in [0, 0.05) is 26.2 Å². The Labute approximate surface area is 173 Å². The number of carbonyl (C=O) groups excluding carboxylic acids is 2. The van der Waals surface area contributed by atoms with Gasteiger partial charge in [-0.05, 0) is 26.0 Å². The van der Waals surface area contributed by atoms with E-state index in [1.807, 2.05) is 35.8 Å². The first-order chi connectivity index (χ1) is 14.0. The first kappa shape index (κ1) is 19.7. The van der Waals surface area contributed by atoms with Crippen LogP contribution in [0.1, 0.15) is 12.5 Å². The van der Waals surface area contributed by atoms with Crippen LogP contribution in [0.5, 0.6) is 0 Å². The average molecular weight is 417 g/mol. The van der Waals surface area contributed by atoms with Crippen LogP contribution in [0, 0.1) is 6.92 Å². The van der Waals surface area contributed by atoms with E-state index < -0.39 is 5.25 Å². The van der Waals surface area contributed by atoms with E-state index in [9.17, 15) is 9.59 Å². The lowest BCUT2D eigenvalue weighted by Gasteiger charge is -2.28. The quantitative estimate of drug-likeness (QED) is 0.738. The summed E-state index contributed by atoms with van der Waals surface area (Å²) in [6.45, 7) is 7.46. The van der Waals surface area contributed by atoms with Crippen LogP contribution in [0.25, 0.3) is 5.69 Å². The first-order valence-electron chi connectivity index (χ1n) is 9.65. The molecule has 3 heterocycles. The van der Waals surface area contributed by atoms with E-state index in [2.05, 4.69) is 20.4 Å². The smallest absolute Gasteiger partial charge is 0.324 e. The minimum absolute atomic E-state index is 0.226. The number of urea groups is 1. The van der Waals surface area contributed by atoms with Gasteiger partial charge < -0.3 is 15.0 Å². The molecule has 2 aliphatic heterocycles. The van der Waals surface area contributed by atoms with Gasteiger partial charge in [-0.25, -0.2) is 4.79 Å². The molecule has 1 aromatic carbocycles. The normalized spacial score (nSPS) is 18.1. The van der Waals surface area contributed by atoms with E-state index in [0.29, 0.717) is 31.5 Å². The Balaban J connectivity index is 1.63. The minimum atomic E-state index is -0.468. The second-order valence-corrected chi connectivity index (χ2v) is 8.34. The number of nitrogens with zero attached hydrogens (tertiary/aromatic N) is 5. The molecule has 2 fully saturated rings. The number of hydrogen-bond donors (Lipinski definition) is 1. The number of imide groups is 1. The number of ether oxygens (including phenoxy) is 1. The van der Waals surface area contributed by atoms with Gasteiger partial charge in [-0.15, -0.1) is 10.2 Å². The Kier molecular flexibility index (Phi) is 5.72. The number of thioether (sulfide) groups is 1. The first-order valence-corrected chi connectivity index (χ1v) is 10.5. The molecule has 1 N–H and O–H groups in total. The average Bonchev–Trinajstić information content (AvgIpc) is 3.35. The Bertz CT molecular complexity index is 894. The van der Waals surface area contributed by atoms with Crippen molar-refractivity contribution in [3.05, 3.63) is 29.8 Å². The topological polar surface area (TPSA) is 92.6 Å². The van der Waals surface area contributed by atoms with Crippen molar-refractivity contribution in [1.82, 2.24) is 25.0 Å². The third kappa shape index (κ3) is 4.08. The van der Waals surface area contributed by atoms with Gasteiger partial charge in [-0.2, -0.15) is 0 Å². The van der Waals surface area contributed by atoms with Crippen LogP contribution in [0.4, 0.5) is 10.7 Å². The molecule has 0 unspecified atom stereocenters. The molecular formula is C19H24N6O3S. The maximum Gasteiger partial charge on any atom is 0.324 e. The van der Waals surface area contributed by atoms with Crippen LogP contribution in [0.15, 0.2) is 29.4 Å². The molecule has 154 valence electrons. The van der Waals surface area contributed by atoms with Crippen LogP contribution in [-0.4, -0.2) is 76.2 Å². The summed E-state index contributed by atoms with van der Waals surface area (Å²) >= 11 is 1.31. The van der Waals surface area contributed by atoms with Crippen molar-refractivity contribution in [2.45, 2.75) is 24.3 Å². The van der Waals surface area contributed by atoms with E-state index in [4.69, 9.17) is 4.74 Å². The number of nitrogens with one attached hydrogen (secondary N) is 1. The maximum absolute atomic E-state index is 12.7. The van der Waals surface area contributed by atoms with Crippen molar-refractivity contribution in [2.24, 2.45) is 0 Å². The molecule has 0 radical (unpaired) electrons. The van der Waals surface area contributed by atoms with Crippen LogP contribution >= 0.6 is 11.8 Å². The molecular weight excluding hydrogens is 392 g/mol. The van der Waals surface area contributed by atoms with Crippen molar-refractivity contribution >= 4 is 29.6 Å². The predicted molar refractivity (Wildman–Crippen MR) is 110 cm³/mol. The fourth-order valence-corrected chi connectivity index (χ4v) is 4.26. The molecule has 2 saturated heterocycles. The second-order valence-electron chi connectivity index (χ2n) is 7.03. The highest BCUT2D eigenvalue weighted by atomic mass is 32.2. The fourth-order valence-electron chi connectivity index (χ4n) is 3.34. The fraction of sp³-hybridized carbons (Fsp3) is 0.474. The van der Waals surface area contributed by atoms with E-state index >= 15 is 0 Å². The number of anilines is 1. The number of rotatable bonds is 5. The van der Waals surface area contributed by atoms with Gasteiger partial charge in [-0.1, -0.05) is 29.5 Å². The number of morpholine rings is 1. The molecule has 4 rings (SSSR count). The van der Waals surface area contributed by atoms with Crippen molar-refractivity contribution in [1.29, 1.82) is 0 Å². The molecule has 2 aliphatic rings. The minimum Gasteiger partial charge on any atom is -0.378 e. The zero-order valence-corrected chi connectivity index (χ0v) is 17.3. The van der Waals surface area contributed by atoms with E-state index in [1.54, 1.807) is 6.92 Å². The summed E-state index contributed by atoms with van der Waals surface area (Å²) in [6, 6.07) is 7.78. The van der Waals surface area contributed by atoms with Crippen LogP contribution < -0.4 is 10.2 Å². The lowest BCUT2D eigenvalue weighted by Crippen LogP contribution is -2.39. The maximum atomic E-state index is 12.7. The third-order valence-electron chi connectivity index (χ3n) is 4.96. The summed E-state index contributed by atoms with van der Waals surface area (Å²) < 4.78 is 7.44. The summed E-state index contributed by atoms with van der Waals surface area (Å²) in [6.07, 6.45) is 0. The highest BCUT2D eigenvalue weighted by Crippen LogP contribution is 2.30. The summed E-state index contributed by atoms with van der Waals surface area (Å²) in [5.74, 6) is 0.509. The van der Waals surface area contributed by atoms with Crippen molar-refractivity contribution in [3.63, 3.8) is 0 Å². The predicted octanol–water partition coefficient (Wildman–Crippen LogP) is 1.44. The molecule has 0 saturated carbocycles. The third-order valence-corrected chi connectivity index (χ3v) is 5.99. The van der Waals surface area contributed by atoms with Gasteiger partial charge in [0.2, 0.25) is 11.9 Å². The molecule has 1 aromatic heterocycles. The zero-order chi connectivity index (χ0) is 20.4. The zero-order valence-electron chi connectivity index (χ0n) is 16.5. The van der Waals surface area contributed by atoms with Gasteiger partial charge in [0.05, 0.1) is 24.2 Å². The molecule has 9 nitrogen and oxygen atoms in total. The van der Waals surface area contributed by atoms with E-state index in [0.717, 1.165) is 30.3 Å². The largest absolute Gasteiger partial charge is 0.378 e. The van der Waals surface area contributed by atoms with Crippen molar-refractivity contribution < 1.29 is 14.3 Å². The number of aromatic nitrogens is 3. The number of amides is 3. The Morgan fingerprint density at radius 1 is 1.17 bits per heavy atom. The molecule has 10 heteroatoms. The van der Waals surface area contributed by atoms with E-state index in [-0.39, 0.29) is 11.9 Å². The monoisotopic (exact) mass is 416 g/mol. The summed E-state index contributed by atoms with van der Waals surface area (Å²) in [7, 11) is 0. The summed E-state index contributed by atoms with van der Waals surface area (Å²) in [5, 5.41) is 11.6. The van der Waals surface area contributed by atoms with Crippen LogP contribution in [0.3, 0.4) is 0 Å². The molecule has 29 heavy (non-hydrogen) atoms. The van der Waals surface area contributed by atoms with Crippen molar-refractivity contribution in [2.75, 3.05) is 44.3 Å². The van der Waals surface area contributed by atoms with Gasteiger partial charge >= 0.3 is 6.03 Å². The molecule has 1 atom stereocenters. The van der Waals surface area contributed by atoms with Crippen LogP contribution in [0.2, 0.25) is 0 Å². The van der Waals surface area contributed by atoms with Gasteiger partial charge in [-0.3, -0.25) is 14.3 Å². The Hall–Kier alpha value is -2.59. The molecule has 2 aromatic rings. The van der Waals surface area contributed by atoms with Gasteiger partial charge in [0.15, 0.2) is 5.16 Å². The standard InChI is InChI=1S/C19H24N6O3S/c1-13-3-5-15(6-4-13)25-17(23-9-11-28-12-10-23)21-22-19(25)29-14(2)16(26)24-8-7-20-18(24)27/h3-6,14H,7-12H2,1-2H3,(H,20,27)/t14-/m0/s1. The van der Waals surface area contributed by atoms with Crippen molar-refractivity contribution in [3.8, 4) is 5.69 Å². The number of aryl methyl sites for hydroxylation is 1. The van der Waals surface area contributed by atoms with Gasteiger partial charge in [0.1, 0.15) is 0 Å². The summed E-state index contributed by atoms with van der Waals surface area (Å²) in [5.41, 5.74) is 2.09. The number of benzene rings is 1.